The summed E-state index contributed by atoms with van der Waals surface area (Å²) in [6.45, 7) is 2.28. The minimum atomic E-state index is -0.815. The Bertz CT molecular complexity index is 1080. The van der Waals surface area contributed by atoms with Crippen LogP contribution in [0.4, 0.5) is 5.69 Å². The van der Waals surface area contributed by atoms with Crippen LogP contribution in [0.5, 0.6) is 0 Å². The van der Waals surface area contributed by atoms with Gasteiger partial charge in [0, 0.05) is 6.54 Å². The summed E-state index contributed by atoms with van der Waals surface area (Å²) >= 11 is 0. The highest BCUT2D eigenvalue weighted by molar-refractivity contribution is 6.23. The Morgan fingerprint density at radius 2 is 1.48 bits per heavy atom. The first-order valence-corrected chi connectivity index (χ1v) is 10.3. The van der Waals surface area contributed by atoms with Crippen LogP contribution in [0, 0.1) is 6.92 Å². The molecule has 1 fully saturated rings. The zero-order valence-corrected chi connectivity index (χ0v) is 17.4. The third-order valence-corrected chi connectivity index (χ3v) is 5.51. The second kappa shape index (κ2) is 8.96. The van der Waals surface area contributed by atoms with Gasteiger partial charge in [0.25, 0.3) is 5.91 Å². The van der Waals surface area contributed by atoms with Crippen molar-refractivity contribution in [3.05, 3.63) is 102 Å². The molecule has 1 saturated heterocycles. The Kier molecular flexibility index (Phi) is 5.94. The summed E-state index contributed by atoms with van der Waals surface area (Å²) in [6, 6.07) is 25.4. The van der Waals surface area contributed by atoms with Gasteiger partial charge in [-0.2, -0.15) is 0 Å². The van der Waals surface area contributed by atoms with Crippen LogP contribution >= 0.6 is 0 Å². The van der Waals surface area contributed by atoms with Crippen molar-refractivity contribution in [1.29, 1.82) is 0 Å². The van der Waals surface area contributed by atoms with E-state index in [2.05, 4.69) is 0 Å². The minimum absolute atomic E-state index is 0.0138. The first-order valence-electron chi connectivity index (χ1n) is 10.3. The van der Waals surface area contributed by atoms with Gasteiger partial charge in [-0.3, -0.25) is 14.4 Å². The second-order valence-corrected chi connectivity index (χ2v) is 7.79. The van der Waals surface area contributed by atoms with Crippen molar-refractivity contribution in [2.45, 2.75) is 32.4 Å². The molecule has 1 unspecified atom stereocenters. The standard InChI is InChI=1S/C26H24N2O3/c1-19-12-14-21(15-13-19)18-27(24(29)16-20-8-4-2-5-9-20)23-17-25(30)28(26(23)31)22-10-6-3-7-11-22/h2-15,23H,16-18H2,1H3. The molecule has 0 aliphatic carbocycles. The summed E-state index contributed by atoms with van der Waals surface area (Å²) in [5.41, 5.74) is 3.45. The molecule has 3 aromatic rings. The molecule has 156 valence electrons. The molecule has 3 amide bonds. The smallest absolute Gasteiger partial charge is 0.257 e. The number of amides is 3. The average molecular weight is 412 g/mol. The van der Waals surface area contributed by atoms with Crippen LogP contribution in [0.1, 0.15) is 23.1 Å². The maximum Gasteiger partial charge on any atom is 0.257 e. The lowest BCUT2D eigenvalue weighted by Crippen LogP contribution is -2.45. The van der Waals surface area contributed by atoms with Gasteiger partial charge in [-0.15, -0.1) is 0 Å². The van der Waals surface area contributed by atoms with Crippen molar-refractivity contribution >= 4 is 23.4 Å². The molecule has 0 aromatic heterocycles. The summed E-state index contributed by atoms with van der Waals surface area (Å²) in [6.07, 6.45) is 0.163. The predicted octanol–water partition coefficient (Wildman–Crippen LogP) is 3.90. The number of benzene rings is 3. The van der Waals surface area contributed by atoms with Gasteiger partial charge in [0.1, 0.15) is 6.04 Å². The van der Waals surface area contributed by atoms with Crippen molar-refractivity contribution in [2.24, 2.45) is 0 Å². The first-order chi connectivity index (χ1) is 15.0. The Morgan fingerprint density at radius 3 is 2.13 bits per heavy atom. The van der Waals surface area contributed by atoms with Gasteiger partial charge in [-0.1, -0.05) is 78.4 Å². The number of aryl methyl sites for hydroxylation is 1. The van der Waals surface area contributed by atoms with Crippen molar-refractivity contribution in [2.75, 3.05) is 4.90 Å². The lowest BCUT2D eigenvalue weighted by atomic mass is 10.1. The number of anilines is 1. The SMILES string of the molecule is Cc1ccc(CN(C(=O)Cc2ccccc2)C2CC(=O)N(c3ccccc3)C2=O)cc1. The van der Waals surface area contributed by atoms with Crippen molar-refractivity contribution in [3.63, 3.8) is 0 Å². The van der Waals surface area contributed by atoms with Gasteiger partial charge >= 0.3 is 0 Å². The molecule has 3 aromatic carbocycles. The number of hydrogen-bond donors (Lipinski definition) is 0. The highest BCUT2D eigenvalue weighted by atomic mass is 16.2. The number of imide groups is 1. The maximum atomic E-state index is 13.3. The molecule has 31 heavy (non-hydrogen) atoms. The zero-order chi connectivity index (χ0) is 21.8. The summed E-state index contributed by atoms with van der Waals surface area (Å²) in [4.78, 5) is 42.1. The predicted molar refractivity (Wildman–Crippen MR) is 119 cm³/mol. The Balaban J connectivity index is 1.63. The molecule has 0 saturated carbocycles. The fourth-order valence-corrected chi connectivity index (χ4v) is 3.84. The number of para-hydroxylation sites is 1. The van der Waals surface area contributed by atoms with E-state index < -0.39 is 6.04 Å². The van der Waals surface area contributed by atoms with Crippen LogP contribution in [0.15, 0.2) is 84.9 Å². The number of carbonyl (C=O) groups is 3. The highest BCUT2D eigenvalue weighted by Gasteiger charge is 2.44. The molecule has 1 aliphatic rings. The van der Waals surface area contributed by atoms with E-state index in [0.29, 0.717) is 5.69 Å². The Morgan fingerprint density at radius 1 is 0.871 bits per heavy atom. The quantitative estimate of drug-likeness (QED) is 0.577. The molecular formula is C26H24N2O3. The number of carbonyl (C=O) groups excluding carboxylic acids is 3. The van der Waals surface area contributed by atoms with Gasteiger partial charge in [0.05, 0.1) is 18.5 Å². The molecule has 0 spiro atoms. The fourth-order valence-electron chi connectivity index (χ4n) is 3.84. The molecule has 1 heterocycles. The van der Waals surface area contributed by atoms with E-state index in [0.717, 1.165) is 16.7 Å². The highest BCUT2D eigenvalue weighted by Crippen LogP contribution is 2.27. The molecule has 5 nitrogen and oxygen atoms in total. The largest absolute Gasteiger partial charge is 0.325 e. The molecule has 1 atom stereocenters. The van der Waals surface area contributed by atoms with E-state index in [-0.39, 0.29) is 37.1 Å². The van der Waals surface area contributed by atoms with Crippen LogP contribution in [0.3, 0.4) is 0 Å². The maximum absolute atomic E-state index is 13.3. The van der Waals surface area contributed by atoms with Crippen molar-refractivity contribution in [1.82, 2.24) is 4.90 Å². The fraction of sp³-hybridized carbons (Fsp3) is 0.192. The third-order valence-electron chi connectivity index (χ3n) is 5.51. The minimum Gasteiger partial charge on any atom is -0.325 e. The molecule has 0 radical (unpaired) electrons. The number of hydrogen-bond acceptors (Lipinski definition) is 3. The second-order valence-electron chi connectivity index (χ2n) is 7.79. The molecule has 0 bridgehead atoms. The van der Waals surface area contributed by atoms with Gasteiger partial charge in [0.2, 0.25) is 11.8 Å². The molecular weight excluding hydrogens is 388 g/mol. The van der Waals surface area contributed by atoms with E-state index in [1.54, 1.807) is 29.2 Å². The van der Waals surface area contributed by atoms with Gasteiger partial charge in [-0.25, -0.2) is 4.90 Å². The number of nitrogens with zero attached hydrogens (tertiary/aromatic N) is 2. The lowest BCUT2D eigenvalue weighted by molar-refractivity contribution is -0.138. The summed E-state index contributed by atoms with van der Waals surface area (Å²) < 4.78 is 0. The molecule has 4 rings (SSSR count). The normalized spacial score (nSPS) is 15.9. The monoisotopic (exact) mass is 412 g/mol. The van der Waals surface area contributed by atoms with E-state index in [1.807, 2.05) is 67.6 Å². The van der Waals surface area contributed by atoms with Crippen LogP contribution in [0.25, 0.3) is 0 Å². The lowest BCUT2D eigenvalue weighted by Gasteiger charge is -2.28. The van der Waals surface area contributed by atoms with Crippen molar-refractivity contribution in [3.8, 4) is 0 Å². The zero-order valence-electron chi connectivity index (χ0n) is 17.4. The summed E-state index contributed by atoms with van der Waals surface area (Å²) in [5.74, 6) is -0.819. The topological polar surface area (TPSA) is 57.7 Å². The van der Waals surface area contributed by atoms with Crippen LogP contribution in [0.2, 0.25) is 0 Å². The van der Waals surface area contributed by atoms with Gasteiger partial charge < -0.3 is 4.90 Å². The van der Waals surface area contributed by atoms with Crippen molar-refractivity contribution < 1.29 is 14.4 Å². The third kappa shape index (κ3) is 4.56. The average Bonchev–Trinajstić information content (AvgIpc) is 3.08. The Hall–Kier alpha value is -3.73. The van der Waals surface area contributed by atoms with Crippen LogP contribution < -0.4 is 4.90 Å². The van der Waals surface area contributed by atoms with Gasteiger partial charge in [-0.05, 0) is 30.2 Å². The van der Waals surface area contributed by atoms with Gasteiger partial charge in [0.15, 0.2) is 0 Å². The van der Waals surface area contributed by atoms with E-state index in [1.165, 1.54) is 4.90 Å². The van der Waals surface area contributed by atoms with Crippen LogP contribution in [-0.2, 0) is 27.3 Å². The molecule has 0 N–H and O–H groups in total. The summed E-state index contributed by atoms with van der Waals surface area (Å²) in [7, 11) is 0. The molecule has 5 heteroatoms. The van der Waals surface area contributed by atoms with E-state index in [4.69, 9.17) is 0 Å². The molecule has 1 aliphatic heterocycles. The van der Waals surface area contributed by atoms with E-state index >= 15 is 0 Å². The van der Waals surface area contributed by atoms with Crippen LogP contribution in [-0.4, -0.2) is 28.7 Å². The summed E-state index contributed by atoms with van der Waals surface area (Å²) in [5, 5.41) is 0. The van der Waals surface area contributed by atoms with E-state index in [9.17, 15) is 14.4 Å². The Labute approximate surface area is 181 Å². The first kappa shape index (κ1) is 20.5. The number of rotatable bonds is 6.